The number of nitro groups is 1. The molecule has 0 fully saturated rings. The highest BCUT2D eigenvalue weighted by atomic mass is 35.5. The molecule has 0 bridgehead atoms. The Bertz CT molecular complexity index is 711. The van der Waals surface area contributed by atoms with Gasteiger partial charge in [-0.15, -0.1) is 0 Å². The largest absolute Gasteiger partial charge is 0.467 e. The Hall–Kier alpha value is -1.35. The van der Waals surface area contributed by atoms with Crippen LogP contribution >= 0.6 is 23.2 Å². The number of esters is 1. The molecule has 1 aromatic rings. The number of rotatable bonds is 12. The first kappa shape index (κ1) is 25.7. The lowest BCUT2D eigenvalue weighted by Crippen LogP contribution is -2.28. The van der Waals surface area contributed by atoms with Crippen molar-refractivity contribution in [3.8, 4) is 5.75 Å². The fraction of sp³-hybridized carbons (Fsp3) is 0.632. The molecule has 164 valence electrons. The third kappa shape index (κ3) is 8.50. The highest BCUT2D eigenvalue weighted by Gasteiger charge is 2.35. The molecule has 0 N–H and O–H groups in total. The van der Waals surface area contributed by atoms with E-state index in [1.807, 2.05) is 0 Å². The van der Waals surface area contributed by atoms with Gasteiger partial charge in [0.05, 0.1) is 29.0 Å². The molecule has 1 aromatic carbocycles. The zero-order chi connectivity index (χ0) is 22.2. The van der Waals surface area contributed by atoms with Gasteiger partial charge in [0.2, 0.25) is 6.04 Å². The molecule has 2 atom stereocenters. The van der Waals surface area contributed by atoms with Gasteiger partial charge in [0, 0.05) is 32.1 Å². The SMILES string of the molecule is CCOC(=O)C[C@H](c1c(OCOCC[Si](C)(C)C)ccc(Cl)c1Cl)[C@@H](C)[N+](=O)[O-]. The van der Waals surface area contributed by atoms with Crippen LogP contribution in [-0.4, -0.2) is 45.0 Å². The molecule has 0 aliphatic heterocycles. The van der Waals surface area contributed by atoms with Crippen molar-refractivity contribution in [2.75, 3.05) is 20.0 Å². The first-order valence-electron chi connectivity index (χ1n) is 9.45. The monoisotopic (exact) mass is 465 g/mol. The summed E-state index contributed by atoms with van der Waals surface area (Å²) in [6.45, 7) is 10.5. The Balaban J connectivity index is 3.11. The molecule has 0 amide bonds. The number of ether oxygens (including phenoxy) is 3. The van der Waals surface area contributed by atoms with Crippen LogP contribution in [0.3, 0.4) is 0 Å². The van der Waals surface area contributed by atoms with E-state index in [9.17, 15) is 14.9 Å². The summed E-state index contributed by atoms with van der Waals surface area (Å²) in [6.07, 6.45) is -0.219. The Morgan fingerprint density at radius 3 is 2.48 bits per heavy atom. The maximum Gasteiger partial charge on any atom is 0.306 e. The number of halogens is 2. The number of benzene rings is 1. The van der Waals surface area contributed by atoms with Crippen molar-refractivity contribution in [1.29, 1.82) is 0 Å². The van der Waals surface area contributed by atoms with E-state index in [2.05, 4.69) is 19.6 Å². The Labute approximate surface area is 182 Å². The normalized spacial score (nSPS) is 13.6. The minimum Gasteiger partial charge on any atom is -0.467 e. The molecule has 29 heavy (non-hydrogen) atoms. The minimum absolute atomic E-state index is 0.0333. The van der Waals surface area contributed by atoms with Crippen LogP contribution in [0.5, 0.6) is 5.75 Å². The number of nitrogens with zero attached hydrogens (tertiary/aromatic N) is 1. The van der Waals surface area contributed by atoms with Gasteiger partial charge in [0.25, 0.3) is 0 Å². The van der Waals surface area contributed by atoms with Gasteiger partial charge in [0.15, 0.2) is 6.79 Å². The third-order valence-corrected chi connectivity index (χ3v) is 6.89. The zero-order valence-corrected chi connectivity index (χ0v) is 20.0. The molecule has 7 nitrogen and oxygen atoms in total. The van der Waals surface area contributed by atoms with Crippen LogP contribution in [0, 0.1) is 10.1 Å². The van der Waals surface area contributed by atoms with Crippen LogP contribution in [0.4, 0.5) is 0 Å². The molecule has 0 unspecified atom stereocenters. The number of hydrogen-bond acceptors (Lipinski definition) is 6. The molecular formula is C19H29Cl2NO6Si. The molecule has 0 spiro atoms. The van der Waals surface area contributed by atoms with Crippen LogP contribution < -0.4 is 4.74 Å². The maximum atomic E-state index is 12.1. The lowest BCUT2D eigenvalue weighted by Gasteiger charge is -2.23. The lowest BCUT2D eigenvalue weighted by molar-refractivity contribution is -0.522. The molecule has 0 aromatic heterocycles. The van der Waals surface area contributed by atoms with Crippen molar-refractivity contribution < 1.29 is 23.9 Å². The Kier molecular flexibility index (Phi) is 10.4. The Morgan fingerprint density at radius 1 is 1.28 bits per heavy atom. The minimum atomic E-state index is -1.23. The maximum absolute atomic E-state index is 12.1. The molecule has 0 saturated heterocycles. The average molecular weight is 466 g/mol. The van der Waals surface area contributed by atoms with Gasteiger partial charge in [-0.1, -0.05) is 42.8 Å². The standard InChI is InChI=1S/C19H29Cl2NO6Si/c1-6-27-17(23)11-14(13(2)22(24)25)18-16(8-7-15(20)19(18)21)28-12-26-9-10-29(3,4)5/h7-8,13-14H,6,9-12H2,1-5H3/t13-,14+/m1/s1. The van der Waals surface area contributed by atoms with E-state index in [0.717, 1.165) is 6.04 Å². The van der Waals surface area contributed by atoms with Crippen molar-refractivity contribution >= 4 is 37.2 Å². The predicted molar refractivity (Wildman–Crippen MR) is 117 cm³/mol. The van der Waals surface area contributed by atoms with Crippen molar-refractivity contribution in [3.05, 3.63) is 37.9 Å². The van der Waals surface area contributed by atoms with E-state index in [0.29, 0.717) is 17.9 Å². The van der Waals surface area contributed by atoms with E-state index in [1.54, 1.807) is 19.1 Å². The van der Waals surface area contributed by atoms with Gasteiger partial charge < -0.3 is 14.2 Å². The van der Waals surface area contributed by atoms with Crippen molar-refractivity contribution in [2.45, 2.75) is 57.9 Å². The van der Waals surface area contributed by atoms with Gasteiger partial charge in [-0.3, -0.25) is 14.9 Å². The van der Waals surface area contributed by atoms with Gasteiger partial charge in [-0.05, 0) is 25.1 Å². The second-order valence-corrected chi connectivity index (χ2v) is 14.3. The van der Waals surface area contributed by atoms with E-state index in [4.69, 9.17) is 37.4 Å². The Morgan fingerprint density at radius 2 is 1.93 bits per heavy atom. The second-order valence-electron chi connectivity index (χ2n) is 7.90. The van der Waals surface area contributed by atoms with Gasteiger partial charge in [-0.2, -0.15) is 0 Å². The third-order valence-electron chi connectivity index (χ3n) is 4.36. The van der Waals surface area contributed by atoms with Crippen LogP contribution in [0.25, 0.3) is 0 Å². The topological polar surface area (TPSA) is 87.9 Å². The summed E-state index contributed by atoms with van der Waals surface area (Å²) >= 11 is 12.5. The molecule has 0 radical (unpaired) electrons. The van der Waals surface area contributed by atoms with E-state index in [1.165, 1.54) is 6.92 Å². The van der Waals surface area contributed by atoms with Crippen LogP contribution in [0.15, 0.2) is 12.1 Å². The smallest absolute Gasteiger partial charge is 0.306 e. The fourth-order valence-electron chi connectivity index (χ4n) is 2.62. The molecule has 0 saturated carbocycles. The van der Waals surface area contributed by atoms with Crippen LogP contribution in [0.2, 0.25) is 35.7 Å². The fourth-order valence-corrected chi connectivity index (χ4v) is 3.84. The van der Waals surface area contributed by atoms with Gasteiger partial charge in [-0.25, -0.2) is 0 Å². The highest BCUT2D eigenvalue weighted by molar-refractivity contribution is 6.76. The summed E-state index contributed by atoms with van der Waals surface area (Å²) in [5.74, 6) is -1.12. The summed E-state index contributed by atoms with van der Waals surface area (Å²) in [5, 5.41) is 11.8. The first-order chi connectivity index (χ1) is 13.5. The van der Waals surface area contributed by atoms with E-state index < -0.39 is 30.9 Å². The van der Waals surface area contributed by atoms with Crippen LogP contribution in [-0.2, 0) is 14.3 Å². The average Bonchev–Trinajstić information content (AvgIpc) is 2.61. The van der Waals surface area contributed by atoms with Gasteiger partial charge in [0.1, 0.15) is 5.75 Å². The highest BCUT2D eigenvalue weighted by Crippen LogP contribution is 2.41. The zero-order valence-electron chi connectivity index (χ0n) is 17.5. The van der Waals surface area contributed by atoms with E-state index in [-0.39, 0.29) is 29.9 Å². The number of carbonyl (C=O) groups excluding carboxylic acids is 1. The van der Waals surface area contributed by atoms with E-state index >= 15 is 0 Å². The van der Waals surface area contributed by atoms with Gasteiger partial charge >= 0.3 is 5.97 Å². The lowest BCUT2D eigenvalue weighted by atomic mass is 9.89. The molecule has 1 rings (SSSR count). The first-order valence-corrected chi connectivity index (χ1v) is 13.9. The van der Waals surface area contributed by atoms with Crippen molar-refractivity contribution in [1.82, 2.24) is 0 Å². The summed E-state index contributed by atoms with van der Waals surface area (Å²) in [5.41, 5.74) is 0.310. The summed E-state index contributed by atoms with van der Waals surface area (Å²) in [6, 6.07) is 3.00. The van der Waals surface area contributed by atoms with Crippen molar-refractivity contribution in [3.63, 3.8) is 0 Å². The second kappa shape index (κ2) is 11.7. The van der Waals surface area contributed by atoms with Crippen molar-refractivity contribution in [2.24, 2.45) is 0 Å². The summed E-state index contributed by atoms with van der Waals surface area (Å²) in [4.78, 5) is 23.1. The predicted octanol–water partition coefficient (Wildman–Crippen LogP) is 5.39. The van der Waals surface area contributed by atoms with Crippen LogP contribution in [0.1, 0.15) is 31.7 Å². The molecule has 0 heterocycles. The number of hydrogen-bond donors (Lipinski definition) is 0. The quantitative estimate of drug-likeness (QED) is 0.103. The summed E-state index contributed by atoms with van der Waals surface area (Å²) in [7, 11) is -1.23. The molecular weight excluding hydrogens is 437 g/mol. The molecule has 10 heteroatoms. The number of carbonyl (C=O) groups is 1. The molecule has 0 aliphatic rings. The molecule has 0 aliphatic carbocycles. The summed E-state index contributed by atoms with van der Waals surface area (Å²) < 4.78 is 16.3.